The Labute approximate surface area is 93.0 Å². The maximum Gasteiger partial charge on any atom is 0.0354 e. The Bertz CT molecular complexity index is 361. The predicted molar refractivity (Wildman–Crippen MR) is 61.3 cm³/mol. The summed E-state index contributed by atoms with van der Waals surface area (Å²) in [6.45, 7) is 1.19. The zero-order chi connectivity index (χ0) is 9.54. The second-order valence-electron chi connectivity index (χ2n) is 4.38. The second-order valence-corrected chi connectivity index (χ2v) is 5.30. The first-order valence-corrected chi connectivity index (χ1v) is 6.15. The molecule has 1 aliphatic heterocycles. The Morgan fingerprint density at radius 1 is 1.36 bits per heavy atom. The summed E-state index contributed by atoms with van der Waals surface area (Å²) < 4.78 is 1.21. The van der Waals surface area contributed by atoms with Crippen molar-refractivity contribution in [1.29, 1.82) is 0 Å². The first-order valence-electron chi connectivity index (χ1n) is 5.36. The Balaban J connectivity index is 2.02. The number of hydrogen-bond donors (Lipinski definition) is 1. The van der Waals surface area contributed by atoms with Crippen molar-refractivity contribution in [3.8, 4) is 0 Å². The summed E-state index contributed by atoms with van der Waals surface area (Å²) in [5.41, 5.74) is 3.08. The van der Waals surface area contributed by atoms with Crippen molar-refractivity contribution in [1.82, 2.24) is 5.32 Å². The Morgan fingerprint density at radius 2 is 2.29 bits per heavy atom. The van der Waals surface area contributed by atoms with Gasteiger partial charge in [-0.2, -0.15) is 0 Å². The molecule has 1 saturated heterocycles. The highest BCUT2D eigenvalue weighted by Crippen LogP contribution is 2.41. The minimum absolute atomic E-state index is 0.635. The van der Waals surface area contributed by atoms with E-state index in [9.17, 15) is 0 Å². The topological polar surface area (TPSA) is 12.0 Å². The summed E-state index contributed by atoms with van der Waals surface area (Å²) in [7, 11) is 0. The first-order chi connectivity index (χ1) is 6.84. The predicted octanol–water partition coefficient (Wildman–Crippen LogP) is 3.05. The van der Waals surface area contributed by atoms with Gasteiger partial charge in [0.1, 0.15) is 0 Å². The van der Waals surface area contributed by atoms with Crippen molar-refractivity contribution in [3.63, 3.8) is 0 Å². The average Bonchev–Trinajstić information content (AvgIpc) is 2.56. The zero-order valence-corrected chi connectivity index (χ0v) is 9.68. The van der Waals surface area contributed by atoms with Crippen molar-refractivity contribution in [3.05, 3.63) is 33.8 Å². The quantitative estimate of drug-likeness (QED) is 0.748. The average molecular weight is 252 g/mol. The molecule has 0 spiro atoms. The van der Waals surface area contributed by atoms with E-state index >= 15 is 0 Å². The highest BCUT2D eigenvalue weighted by Gasteiger charge is 2.33. The lowest BCUT2D eigenvalue weighted by atomic mass is 9.92. The van der Waals surface area contributed by atoms with Crippen LogP contribution >= 0.6 is 15.9 Å². The van der Waals surface area contributed by atoms with Gasteiger partial charge in [0, 0.05) is 10.5 Å². The molecule has 1 fully saturated rings. The molecule has 1 aliphatic carbocycles. The van der Waals surface area contributed by atoms with Gasteiger partial charge in [0.25, 0.3) is 0 Å². The SMILES string of the molecule is Brc1ccc2c(c1)C1NCCCC1C2. The van der Waals surface area contributed by atoms with E-state index in [4.69, 9.17) is 0 Å². The fraction of sp³-hybridized carbons (Fsp3) is 0.500. The normalized spacial score (nSPS) is 29.8. The van der Waals surface area contributed by atoms with Gasteiger partial charge in [0.05, 0.1) is 0 Å². The third-order valence-corrected chi connectivity index (χ3v) is 4.01. The molecule has 2 aliphatic rings. The van der Waals surface area contributed by atoms with Crippen LogP contribution in [0.5, 0.6) is 0 Å². The lowest BCUT2D eigenvalue weighted by Gasteiger charge is -2.27. The minimum Gasteiger partial charge on any atom is -0.310 e. The van der Waals surface area contributed by atoms with Gasteiger partial charge >= 0.3 is 0 Å². The van der Waals surface area contributed by atoms with Crippen LogP contribution in [0.15, 0.2) is 22.7 Å². The van der Waals surface area contributed by atoms with E-state index in [1.54, 1.807) is 5.56 Å². The van der Waals surface area contributed by atoms with Gasteiger partial charge in [-0.1, -0.05) is 22.0 Å². The van der Waals surface area contributed by atoms with Crippen LogP contribution in [0.1, 0.15) is 30.0 Å². The van der Waals surface area contributed by atoms with Gasteiger partial charge in [-0.15, -0.1) is 0 Å². The third kappa shape index (κ3) is 1.32. The third-order valence-electron chi connectivity index (χ3n) is 3.51. The van der Waals surface area contributed by atoms with Crippen LogP contribution in [0.25, 0.3) is 0 Å². The number of rotatable bonds is 0. The fourth-order valence-corrected chi connectivity index (χ4v) is 3.24. The molecule has 1 N–H and O–H groups in total. The molecule has 2 unspecified atom stereocenters. The van der Waals surface area contributed by atoms with E-state index in [0.29, 0.717) is 6.04 Å². The van der Waals surface area contributed by atoms with Gasteiger partial charge in [-0.25, -0.2) is 0 Å². The maximum atomic E-state index is 3.64. The molecule has 1 nitrogen and oxygen atoms in total. The second kappa shape index (κ2) is 3.35. The van der Waals surface area contributed by atoms with E-state index in [0.717, 1.165) is 5.92 Å². The molecule has 0 bridgehead atoms. The number of halogens is 1. The molecule has 0 amide bonds. The van der Waals surface area contributed by atoms with Gasteiger partial charge in [0.2, 0.25) is 0 Å². The Kier molecular flexibility index (Phi) is 2.14. The first kappa shape index (κ1) is 8.93. The van der Waals surface area contributed by atoms with Gasteiger partial charge in [0.15, 0.2) is 0 Å². The molecule has 3 rings (SSSR count). The van der Waals surface area contributed by atoms with E-state index in [1.165, 1.54) is 35.8 Å². The maximum absolute atomic E-state index is 3.64. The summed E-state index contributed by atoms with van der Waals surface area (Å²) in [5.74, 6) is 0.855. The lowest BCUT2D eigenvalue weighted by Crippen LogP contribution is -2.31. The van der Waals surface area contributed by atoms with Crippen molar-refractivity contribution >= 4 is 15.9 Å². The molecule has 14 heavy (non-hydrogen) atoms. The van der Waals surface area contributed by atoms with Gasteiger partial charge in [-0.05, 0) is 55.0 Å². The van der Waals surface area contributed by atoms with E-state index < -0.39 is 0 Å². The molecule has 74 valence electrons. The summed E-state index contributed by atoms with van der Waals surface area (Å²) >= 11 is 3.55. The molecule has 1 heterocycles. The highest BCUT2D eigenvalue weighted by molar-refractivity contribution is 9.10. The van der Waals surface area contributed by atoms with Crippen LogP contribution in [0.4, 0.5) is 0 Å². The smallest absolute Gasteiger partial charge is 0.0354 e. The molecule has 0 saturated carbocycles. The molecular formula is C12H14BrN. The lowest BCUT2D eigenvalue weighted by molar-refractivity contribution is 0.307. The van der Waals surface area contributed by atoms with Crippen LogP contribution in [0.3, 0.4) is 0 Å². The highest BCUT2D eigenvalue weighted by atomic mass is 79.9. The largest absolute Gasteiger partial charge is 0.310 e. The van der Waals surface area contributed by atoms with Crippen molar-refractivity contribution in [2.45, 2.75) is 25.3 Å². The number of fused-ring (bicyclic) bond motifs is 3. The summed E-state index contributed by atoms with van der Waals surface area (Å²) in [5, 5.41) is 3.64. The minimum atomic E-state index is 0.635. The van der Waals surface area contributed by atoms with E-state index in [2.05, 4.69) is 39.4 Å². The van der Waals surface area contributed by atoms with E-state index in [1.807, 2.05) is 0 Å². The molecule has 2 atom stereocenters. The van der Waals surface area contributed by atoms with Crippen molar-refractivity contribution < 1.29 is 0 Å². The molecule has 2 heteroatoms. The Morgan fingerprint density at radius 3 is 3.21 bits per heavy atom. The zero-order valence-electron chi connectivity index (χ0n) is 8.09. The number of piperidine rings is 1. The van der Waals surface area contributed by atoms with Crippen molar-refractivity contribution in [2.75, 3.05) is 6.54 Å². The monoisotopic (exact) mass is 251 g/mol. The molecule has 1 aromatic rings. The van der Waals surface area contributed by atoms with Crippen molar-refractivity contribution in [2.24, 2.45) is 5.92 Å². The van der Waals surface area contributed by atoms with Crippen LogP contribution < -0.4 is 5.32 Å². The molecule has 0 aromatic heterocycles. The fourth-order valence-electron chi connectivity index (χ4n) is 2.86. The van der Waals surface area contributed by atoms with Gasteiger partial charge in [-0.3, -0.25) is 0 Å². The summed E-state index contributed by atoms with van der Waals surface area (Å²) in [6.07, 6.45) is 4.01. The number of benzene rings is 1. The standard InChI is InChI=1S/C12H14BrN/c13-10-4-3-8-6-9-2-1-5-14-12(9)11(8)7-10/h3-4,7,9,12,14H,1-2,5-6H2. The van der Waals surface area contributed by atoms with Crippen LogP contribution in [0, 0.1) is 5.92 Å². The van der Waals surface area contributed by atoms with Gasteiger partial charge < -0.3 is 5.32 Å². The molecular weight excluding hydrogens is 238 g/mol. The van der Waals surface area contributed by atoms with Crippen LogP contribution in [-0.2, 0) is 6.42 Å². The Hall–Kier alpha value is -0.340. The van der Waals surface area contributed by atoms with Crippen LogP contribution in [0.2, 0.25) is 0 Å². The summed E-state index contributed by atoms with van der Waals surface area (Å²) in [6, 6.07) is 7.37. The molecule has 1 aromatic carbocycles. The number of hydrogen-bond acceptors (Lipinski definition) is 1. The summed E-state index contributed by atoms with van der Waals surface area (Å²) in [4.78, 5) is 0. The number of nitrogens with one attached hydrogen (secondary N) is 1. The van der Waals surface area contributed by atoms with E-state index in [-0.39, 0.29) is 0 Å². The molecule has 0 radical (unpaired) electrons. The van der Waals surface area contributed by atoms with Crippen LogP contribution in [-0.4, -0.2) is 6.54 Å².